The van der Waals surface area contributed by atoms with E-state index in [0.29, 0.717) is 18.8 Å². The van der Waals surface area contributed by atoms with Crippen LogP contribution in [0.5, 0.6) is 5.75 Å². The maximum Gasteiger partial charge on any atom is 0.344 e. The first-order chi connectivity index (χ1) is 12.4. The van der Waals surface area contributed by atoms with E-state index in [0.717, 1.165) is 11.1 Å². The Morgan fingerprint density at radius 1 is 1.00 bits per heavy atom. The summed E-state index contributed by atoms with van der Waals surface area (Å²) in [5.74, 6) is 0.112. The van der Waals surface area contributed by atoms with Gasteiger partial charge in [0.25, 0.3) is 10.1 Å². The Kier molecular flexibility index (Phi) is 7.17. The van der Waals surface area contributed by atoms with Gasteiger partial charge in [-0.1, -0.05) is 29.8 Å². The minimum atomic E-state index is -3.76. The summed E-state index contributed by atoms with van der Waals surface area (Å²) in [6.45, 7) is 3.82. The van der Waals surface area contributed by atoms with Gasteiger partial charge in [-0.3, -0.25) is 4.18 Å². The van der Waals surface area contributed by atoms with Gasteiger partial charge in [-0.2, -0.15) is 8.42 Å². The predicted molar refractivity (Wildman–Crippen MR) is 96.6 cm³/mol. The lowest BCUT2D eigenvalue weighted by Gasteiger charge is -2.08. The minimum absolute atomic E-state index is 0.0409. The van der Waals surface area contributed by atoms with Crippen molar-refractivity contribution in [1.29, 1.82) is 0 Å². The molecule has 26 heavy (non-hydrogen) atoms. The molecule has 0 saturated carbocycles. The summed E-state index contributed by atoms with van der Waals surface area (Å²) < 4.78 is 39.4. The maximum atomic E-state index is 12.1. The highest BCUT2D eigenvalue weighted by Crippen LogP contribution is 2.15. The Morgan fingerprint density at radius 2 is 1.65 bits per heavy atom. The second-order valence-electron chi connectivity index (χ2n) is 5.58. The zero-order valence-corrected chi connectivity index (χ0v) is 15.6. The SMILES string of the molecule is CCOC(=O)COc1ccc(CCOS(=O)(=O)c2ccc(C)cc2)cc1. The Labute approximate surface area is 153 Å². The van der Waals surface area contributed by atoms with Crippen molar-refractivity contribution >= 4 is 16.1 Å². The minimum Gasteiger partial charge on any atom is -0.482 e. The number of ether oxygens (including phenoxy) is 2. The third kappa shape index (κ3) is 6.16. The molecule has 0 aliphatic heterocycles. The predicted octanol–water partition coefficient (Wildman–Crippen LogP) is 2.88. The molecule has 0 saturated heterocycles. The molecule has 0 unspecified atom stereocenters. The quantitative estimate of drug-likeness (QED) is 0.493. The van der Waals surface area contributed by atoms with Gasteiger partial charge in [0.1, 0.15) is 5.75 Å². The fraction of sp³-hybridized carbons (Fsp3) is 0.316. The first-order valence-electron chi connectivity index (χ1n) is 8.24. The summed E-state index contributed by atoms with van der Waals surface area (Å²) >= 11 is 0. The lowest BCUT2D eigenvalue weighted by atomic mass is 10.1. The van der Waals surface area contributed by atoms with E-state index in [1.165, 1.54) is 12.1 Å². The van der Waals surface area contributed by atoms with E-state index in [-0.39, 0.29) is 18.1 Å². The van der Waals surface area contributed by atoms with Crippen molar-refractivity contribution in [2.24, 2.45) is 0 Å². The Hall–Kier alpha value is -2.38. The number of benzene rings is 2. The molecule has 2 aromatic carbocycles. The van der Waals surface area contributed by atoms with Gasteiger partial charge in [0, 0.05) is 0 Å². The molecular formula is C19H22O6S. The highest BCUT2D eigenvalue weighted by Gasteiger charge is 2.14. The van der Waals surface area contributed by atoms with Crippen molar-refractivity contribution in [2.75, 3.05) is 19.8 Å². The van der Waals surface area contributed by atoms with Crippen molar-refractivity contribution in [2.45, 2.75) is 25.2 Å². The van der Waals surface area contributed by atoms with Gasteiger partial charge in [0.05, 0.1) is 18.1 Å². The van der Waals surface area contributed by atoms with Crippen LogP contribution in [0.1, 0.15) is 18.1 Å². The van der Waals surface area contributed by atoms with E-state index in [9.17, 15) is 13.2 Å². The molecule has 7 heteroatoms. The van der Waals surface area contributed by atoms with Crippen LogP contribution in [0.3, 0.4) is 0 Å². The van der Waals surface area contributed by atoms with E-state index in [1.807, 2.05) is 6.92 Å². The highest BCUT2D eigenvalue weighted by molar-refractivity contribution is 7.86. The molecule has 0 N–H and O–H groups in total. The fourth-order valence-corrected chi connectivity index (χ4v) is 3.05. The third-order valence-electron chi connectivity index (χ3n) is 3.52. The first kappa shape index (κ1) is 19.9. The largest absolute Gasteiger partial charge is 0.482 e. The summed E-state index contributed by atoms with van der Waals surface area (Å²) in [7, 11) is -3.76. The number of carbonyl (C=O) groups excluding carboxylic acids is 1. The highest BCUT2D eigenvalue weighted by atomic mass is 32.2. The molecule has 0 spiro atoms. The molecule has 0 amide bonds. The molecule has 0 aliphatic rings. The first-order valence-corrected chi connectivity index (χ1v) is 9.65. The standard InChI is InChI=1S/C19H22O6S/c1-3-23-19(20)14-24-17-8-6-16(7-9-17)12-13-25-26(21,22)18-10-4-15(2)5-11-18/h4-11H,3,12-14H2,1-2H3. The lowest BCUT2D eigenvalue weighted by molar-refractivity contribution is -0.145. The number of esters is 1. The van der Waals surface area contributed by atoms with Crippen molar-refractivity contribution < 1.29 is 26.9 Å². The van der Waals surface area contributed by atoms with Crippen molar-refractivity contribution in [1.82, 2.24) is 0 Å². The van der Waals surface area contributed by atoms with E-state index in [4.69, 9.17) is 13.7 Å². The number of carbonyl (C=O) groups is 1. The van der Waals surface area contributed by atoms with Crippen LogP contribution in [0.2, 0.25) is 0 Å². The molecule has 0 bridgehead atoms. The number of aryl methyl sites for hydroxylation is 1. The summed E-state index contributed by atoms with van der Waals surface area (Å²) in [5.41, 5.74) is 1.88. The summed E-state index contributed by atoms with van der Waals surface area (Å²) in [4.78, 5) is 11.4. The number of hydrogen-bond acceptors (Lipinski definition) is 6. The normalized spacial score (nSPS) is 11.2. The summed E-state index contributed by atoms with van der Waals surface area (Å²) in [6, 6.07) is 13.5. The summed E-state index contributed by atoms with van der Waals surface area (Å²) in [5, 5.41) is 0. The second kappa shape index (κ2) is 9.35. The van der Waals surface area contributed by atoms with Gasteiger partial charge in [0.2, 0.25) is 0 Å². The van der Waals surface area contributed by atoms with Gasteiger partial charge in [-0.05, 0) is 50.1 Å². The maximum absolute atomic E-state index is 12.1. The van der Waals surface area contributed by atoms with E-state index in [1.54, 1.807) is 43.3 Å². The van der Waals surface area contributed by atoms with Crippen LogP contribution < -0.4 is 4.74 Å². The van der Waals surface area contributed by atoms with Crippen LogP contribution in [0.4, 0.5) is 0 Å². The van der Waals surface area contributed by atoms with E-state index >= 15 is 0 Å². The zero-order chi connectivity index (χ0) is 19.0. The van der Waals surface area contributed by atoms with Crippen LogP contribution in [0, 0.1) is 6.92 Å². The van der Waals surface area contributed by atoms with Crippen molar-refractivity contribution in [3.63, 3.8) is 0 Å². The lowest BCUT2D eigenvalue weighted by Crippen LogP contribution is -2.14. The second-order valence-corrected chi connectivity index (χ2v) is 7.19. The molecule has 0 heterocycles. The number of hydrogen-bond donors (Lipinski definition) is 0. The molecule has 0 fully saturated rings. The Bertz CT molecular complexity index is 810. The molecular weight excluding hydrogens is 356 g/mol. The smallest absolute Gasteiger partial charge is 0.344 e. The van der Waals surface area contributed by atoms with Crippen molar-refractivity contribution in [3.8, 4) is 5.75 Å². The average molecular weight is 378 g/mol. The average Bonchev–Trinajstić information content (AvgIpc) is 2.61. The van der Waals surface area contributed by atoms with Gasteiger partial charge in [-0.15, -0.1) is 0 Å². The molecule has 140 valence electrons. The van der Waals surface area contributed by atoms with Crippen LogP contribution in [0.15, 0.2) is 53.4 Å². The van der Waals surface area contributed by atoms with Gasteiger partial charge in [-0.25, -0.2) is 4.79 Å². The van der Waals surface area contributed by atoms with Crippen LogP contribution in [-0.4, -0.2) is 34.2 Å². The number of rotatable bonds is 9. The Morgan fingerprint density at radius 3 is 2.27 bits per heavy atom. The third-order valence-corrected chi connectivity index (χ3v) is 4.85. The molecule has 0 aliphatic carbocycles. The van der Waals surface area contributed by atoms with Gasteiger partial charge in [0.15, 0.2) is 6.61 Å². The Balaban J connectivity index is 1.82. The molecule has 2 rings (SSSR count). The van der Waals surface area contributed by atoms with Crippen molar-refractivity contribution in [3.05, 3.63) is 59.7 Å². The van der Waals surface area contributed by atoms with E-state index in [2.05, 4.69) is 0 Å². The monoisotopic (exact) mass is 378 g/mol. The van der Waals surface area contributed by atoms with E-state index < -0.39 is 16.1 Å². The fourth-order valence-electron chi connectivity index (χ4n) is 2.14. The molecule has 6 nitrogen and oxygen atoms in total. The van der Waals surface area contributed by atoms with Crippen LogP contribution in [-0.2, 0) is 30.3 Å². The van der Waals surface area contributed by atoms with Gasteiger partial charge < -0.3 is 9.47 Å². The topological polar surface area (TPSA) is 78.9 Å². The molecule has 0 radical (unpaired) electrons. The van der Waals surface area contributed by atoms with Crippen LogP contribution in [0.25, 0.3) is 0 Å². The zero-order valence-electron chi connectivity index (χ0n) is 14.8. The molecule has 0 aromatic heterocycles. The molecule has 2 aromatic rings. The molecule has 0 atom stereocenters. The van der Waals surface area contributed by atoms with Crippen LogP contribution >= 0.6 is 0 Å². The van der Waals surface area contributed by atoms with Gasteiger partial charge >= 0.3 is 5.97 Å². The summed E-state index contributed by atoms with van der Waals surface area (Å²) in [6.07, 6.45) is 0.434.